The van der Waals surface area contributed by atoms with Gasteiger partial charge in [-0.3, -0.25) is 4.79 Å². The Kier molecular flexibility index (Phi) is 4.37. The molecule has 3 N–H and O–H groups in total. The standard InChI is InChI=1S/C15H22N2O/c16-12-15(9-5-10-15)14(18)17-11-4-8-13-6-2-1-3-7-13/h1-3,6-7H,4-5,8-12,16H2,(H,17,18). The number of hydrogen-bond donors (Lipinski definition) is 2. The van der Waals surface area contributed by atoms with Crippen LogP contribution in [0.25, 0.3) is 0 Å². The Morgan fingerprint density at radius 2 is 2.00 bits per heavy atom. The molecule has 0 aromatic heterocycles. The average molecular weight is 246 g/mol. The molecule has 0 saturated heterocycles. The van der Waals surface area contributed by atoms with Gasteiger partial charge in [0.05, 0.1) is 5.41 Å². The maximum atomic E-state index is 12.0. The number of amides is 1. The summed E-state index contributed by atoms with van der Waals surface area (Å²) in [7, 11) is 0. The molecule has 1 aromatic carbocycles. The van der Waals surface area contributed by atoms with E-state index in [2.05, 4.69) is 17.4 Å². The maximum Gasteiger partial charge on any atom is 0.227 e. The highest BCUT2D eigenvalue weighted by Gasteiger charge is 2.42. The molecule has 0 aliphatic heterocycles. The number of rotatable bonds is 6. The largest absolute Gasteiger partial charge is 0.356 e. The van der Waals surface area contributed by atoms with Crippen LogP contribution >= 0.6 is 0 Å². The van der Waals surface area contributed by atoms with Crippen LogP contribution in [-0.2, 0) is 11.2 Å². The zero-order valence-corrected chi connectivity index (χ0v) is 10.8. The van der Waals surface area contributed by atoms with Crippen LogP contribution in [0.4, 0.5) is 0 Å². The summed E-state index contributed by atoms with van der Waals surface area (Å²) in [5.74, 6) is 0.157. The summed E-state index contributed by atoms with van der Waals surface area (Å²) in [6.07, 6.45) is 5.03. The summed E-state index contributed by atoms with van der Waals surface area (Å²) >= 11 is 0. The molecule has 3 nitrogen and oxygen atoms in total. The van der Waals surface area contributed by atoms with Gasteiger partial charge in [0.15, 0.2) is 0 Å². The van der Waals surface area contributed by atoms with Crippen LogP contribution in [0, 0.1) is 5.41 Å². The van der Waals surface area contributed by atoms with Crippen LogP contribution in [0.15, 0.2) is 30.3 Å². The van der Waals surface area contributed by atoms with Crippen LogP contribution in [0.2, 0.25) is 0 Å². The third-order valence-electron chi connectivity index (χ3n) is 3.95. The van der Waals surface area contributed by atoms with Gasteiger partial charge in [-0.1, -0.05) is 36.8 Å². The molecule has 0 radical (unpaired) electrons. The number of nitrogens with one attached hydrogen (secondary N) is 1. The number of carbonyl (C=O) groups is 1. The van der Waals surface area contributed by atoms with E-state index in [0.29, 0.717) is 6.54 Å². The van der Waals surface area contributed by atoms with Crippen LogP contribution in [0.3, 0.4) is 0 Å². The summed E-state index contributed by atoms with van der Waals surface area (Å²) in [5, 5.41) is 3.03. The van der Waals surface area contributed by atoms with E-state index in [1.165, 1.54) is 5.56 Å². The molecule has 1 aromatic rings. The first-order valence-corrected chi connectivity index (χ1v) is 6.79. The molecule has 1 aliphatic rings. The average Bonchev–Trinajstić information content (AvgIpc) is 2.35. The lowest BCUT2D eigenvalue weighted by atomic mass is 9.68. The molecule has 0 heterocycles. The van der Waals surface area contributed by atoms with Gasteiger partial charge in [-0.25, -0.2) is 0 Å². The fourth-order valence-electron chi connectivity index (χ4n) is 2.45. The smallest absolute Gasteiger partial charge is 0.227 e. The highest BCUT2D eigenvalue weighted by molar-refractivity contribution is 5.83. The molecule has 1 saturated carbocycles. The summed E-state index contributed by atoms with van der Waals surface area (Å²) < 4.78 is 0. The predicted molar refractivity (Wildman–Crippen MR) is 73.1 cm³/mol. The molecular formula is C15H22N2O. The fourth-order valence-corrected chi connectivity index (χ4v) is 2.45. The van der Waals surface area contributed by atoms with Gasteiger partial charge in [0.25, 0.3) is 0 Å². The number of aryl methyl sites for hydroxylation is 1. The molecule has 3 heteroatoms. The molecule has 0 spiro atoms. The Morgan fingerprint density at radius 3 is 2.56 bits per heavy atom. The third kappa shape index (κ3) is 2.91. The topological polar surface area (TPSA) is 55.1 Å². The quantitative estimate of drug-likeness (QED) is 0.753. The van der Waals surface area contributed by atoms with Crippen molar-refractivity contribution in [2.75, 3.05) is 13.1 Å². The second kappa shape index (κ2) is 6.01. The second-order valence-corrected chi connectivity index (χ2v) is 5.18. The van der Waals surface area contributed by atoms with E-state index in [0.717, 1.165) is 38.6 Å². The number of hydrogen-bond acceptors (Lipinski definition) is 2. The van der Waals surface area contributed by atoms with E-state index in [4.69, 9.17) is 5.73 Å². The Hall–Kier alpha value is -1.35. The highest BCUT2D eigenvalue weighted by Crippen LogP contribution is 2.39. The van der Waals surface area contributed by atoms with Crippen molar-refractivity contribution in [3.63, 3.8) is 0 Å². The van der Waals surface area contributed by atoms with Gasteiger partial charge >= 0.3 is 0 Å². The van der Waals surface area contributed by atoms with Crippen molar-refractivity contribution >= 4 is 5.91 Å². The number of nitrogens with two attached hydrogens (primary N) is 1. The molecule has 1 amide bonds. The van der Waals surface area contributed by atoms with Crippen molar-refractivity contribution < 1.29 is 4.79 Å². The van der Waals surface area contributed by atoms with Crippen molar-refractivity contribution in [2.24, 2.45) is 11.1 Å². The van der Waals surface area contributed by atoms with E-state index in [1.807, 2.05) is 18.2 Å². The van der Waals surface area contributed by atoms with Gasteiger partial charge in [-0.05, 0) is 31.2 Å². The maximum absolute atomic E-state index is 12.0. The SMILES string of the molecule is NCC1(C(=O)NCCCc2ccccc2)CCC1. The molecule has 18 heavy (non-hydrogen) atoms. The third-order valence-corrected chi connectivity index (χ3v) is 3.95. The van der Waals surface area contributed by atoms with Gasteiger partial charge in [0.2, 0.25) is 5.91 Å². The van der Waals surface area contributed by atoms with Gasteiger partial charge in [-0.15, -0.1) is 0 Å². The monoisotopic (exact) mass is 246 g/mol. The normalized spacial score (nSPS) is 16.9. The van der Waals surface area contributed by atoms with Crippen molar-refractivity contribution in [3.05, 3.63) is 35.9 Å². The highest BCUT2D eigenvalue weighted by atomic mass is 16.2. The molecule has 1 aliphatic carbocycles. The van der Waals surface area contributed by atoms with Crippen LogP contribution in [0.5, 0.6) is 0 Å². The fraction of sp³-hybridized carbons (Fsp3) is 0.533. The first-order valence-electron chi connectivity index (χ1n) is 6.79. The van der Waals surface area contributed by atoms with Crippen molar-refractivity contribution in [3.8, 4) is 0 Å². The summed E-state index contributed by atoms with van der Waals surface area (Å²) in [6.45, 7) is 1.23. The van der Waals surface area contributed by atoms with Crippen LogP contribution in [-0.4, -0.2) is 19.0 Å². The van der Waals surface area contributed by atoms with Gasteiger partial charge < -0.3 is 11.1 Å². The van der Waals surface area contributed by atoms with Gasteiger partial charge in [0.1, 0.15) is 0 Å². The minimum Gasteiger partial charge on any atom is -0.356 e. The molecule has 2 rings (SSSR count). The van der Waals surface area contributed by atoms with Crippen molar-refractivity contribution in [1.29, 1.82) is 0 Å². The Bertz CT molecular complexity index is 379. The number of benzene rings is 1. The minimum atomic E-state index is -0.243. The number of carbonyl (C=O) groups excluding carboxylic acids is 1. The van der Waals surface area contributed by atoms with E-state index in [1.54, 1.807) is 0 Å². The van der Waals surface area contributed by atoms with E-state index in [-0.39, 0.29) is 11.3 Å². The molecule has 98 valence electrons. The van der Waals surface area contributed by atoms with Gasteiger partial charge in [0, 0.05) is 13.1 Å². The molecular weight excluding hydrogens is 224 g/mol. The van der Waals surface area contributed by atoms with Crippen LogP contribution < -0.4 is 11.1 Å². The van der Waals surface area contributed by atoms with Crippen molar-refractivity contribution in [2.45, 2.75) is 32.1 Å². The Balaban J connectivity index is 1.68. The molecule has 0 atom stereocenters. The first-order chi connectivity index (χ1) is 8.77. The van der Waals surface area contributed by atoms with E-state index >= 15 is 0 Å². The molecule has 0 bridgehead atoms. The lowest BCUT2D eigenvalue weighted by Crippen LogP contribution is -2.50. The van der Waals surface area contributed by atoms with E-state index < -0.39 is 0 Å². The minimum absolute atomic E-state index is 0.157. The molecule has 1 fully saturated rings. The Labute approximate surface area is 109 Å². The summed E-state index contributed by atoms with van der Waals surface area (Å²) in [5.41, 5.74) is 6.78. The summed E-state index contributed by atoms with van der Waals surface area (Å²) in [6, 6.07) is 10.4. The predicted octanol–water partition coefficient (Wildman–Crippen LogP) is 1.86. The second-order valence-electron chi connectivity index (χ2n) is 5.18. The lowest BCUT2D eigenvalue weighted by Gasteiger charge is -2.39. The van der Waals surface area contributed by atoms with Gasteiger partial charge in [-0.2, -0.15) is 0 Å². The lowest BCUT2D eigenvalue weighted by molar-refractivity contribution is -0.135. The Morgan fingerprint density at radius 1 is 1.28 bits per heavy atom. The summed E-state index contributed by atoms with van der Waals surface area (Å²) in [4.78, 5) is 12.0. The van der Waals surface area contributed by atoms with E-state index in [9.17, 15) is 4.79 Å². The first kappa shape index (κ1) is 13.1. The molecule has 0 unspecified atom stereocenters. The van der Waals surface area contributed by atoms with Crippen LogP contribution in [0.1, 0.15) is 31.2 Å². The van der Waals surface area contributed by atoms with Crippen molar-refractivity contribution in [1.82, 2.24) is 5.32 Å². The zero-order chi connectivity index (χ0) is 12.8. The zero-order valence-electron chi connectivity index (χ0n) is 10.8.